The number of halogens is 1. The lowest BCUT2D eigenvalue weighted by molar-refractivity contribution is -0.133. The molecule has 0 radical (unpaired) electrons. The van der Waals surface area contributed by atoms with E-state index in [1.807, 2.05) is 42.2 Å². The third-order valence-corrected chi connectivity index (χ3v) is 4.01. The largest absolute Gasteiger partial charge is 0.460 e. The predicted octanol–water partition coefficient (Wildman–Crippen LogP) is 2.91. The Morgan fingerprint density at radius 1 is 1.43 bits per heavy atom. The monoisotopic (exact) mass is 308 g/mol. The molecule has 1 aromatic carbocycles. The molecule has 1 amide bonds. The molecule has 2 unspecified atom stereocenters. The highest BCUT2D eigenvalue weighted by molar-refractivity contribution is 5.86. The molecule has 4 nitrogen and oxygen atoms in total. The molecular weight excluding hydrogens is 288 g/mol. The lowest BCUT2D eigenvalue weighted by Gasteiger charge is -2.32. The lowest BCUT2D eigenvalue weighted by Crippen LogP contribution is -2.47. The van der Waals surface area contributed by atoms with Gasteiger partial charge in [0.1, 0.15) is 11.3 Å². The predicted molar refractivity (Wildman–Crippen MR) is 85.7 cm³/mol. The van der Waals surface area contributed by atoms with Crippen LogP contribution in [-0.2, 0) is 4.79 Å². The van der Waals surface area contributed by atoms with Gasteiger partial charge in [0.2, 0.25) is 5.91 Å². The van der Waals surface area contributed by atoms with Gasteiger partial charge >= 0.3 is 0 Å². The molecule has 1 aliphatic rings. The van der Waals surface area contributed by atoms with Crippen molar-refractivity contribution in [1.29, 1.82) is 0 Å². The van der Waals surface area contributed by atoms with E-state index in [9.17, 15) is 4.79 Å². The molecule has 2 heterocycles. The molecule has 2 aromatic rings. The van der Waals surface area contributed by atoms with Crippen molar-refractivity contribution >= 4 is 29.3 Å². The molecule has 1 aliphatic heterocycles. The number of nitrogens with zero attached hydrogens (tertiary/aromatic N) is 1. The van der Waals surface area contributed by atoms with E-state index in [0.717, 1.165) is 36.1 Å². The number of amides is 1. The Morgan fingerprint density at radius 3 is 2.90 bits per heavy atom. The van der Waals surface area contributed by atoms with E-state index in [1.165, 1.54) is 0 Å². The van der Waals surface area contributed by atoms with Gasteiger partial charge in [-0.2, -0.15) is 0 Å². The van der Waals surface area contributed by atoms with Gasteiger partial charge in [-0.3, -0.25) is 4.79 Å². The number of rotatable bonds is 2. The number of carbonyl (C=O) groups is 1. The van der Waals surface area contributed by atoms with Gasteiger partial charge in [-0.25, -0.2) is 0 Å². The van der Waals surface area contributed by atoms with E-state index < -0.39 is 0 Å². The number of furan rings is 1. The van der Waals surface area contributed by atoms with Crippen molar-refractivity contribution in [1.82, 2.24) is 4.90 Å². The summed E-state index contributed by atoms with van der Waals surface area (Å²) in [5.74, 6) is 0.585. The fourth-order valence-corrected chi connectivity index (χ4v) is 2.82. The fourth-order valence-electron chi connectivity index (χ4n) is 2.82. The first-order valence-corrected chi connectivity index (χ1v) is 7.18. The standard InChI is InChI=1S/C16H20N2O2.ClH/c1-11(16(19)18-8-4-6-13(17)10-18)15-9-12-5-2-3-7-14(12)20-15;/h2-3,5,7,9,11,13H,4,6,8,10,17H2,1H3;1H. The summed E-state index contributed by atoms with van der Waals surface area (Å²) in [6.07, 6.45) is 1.99. The number of carbonyl (C=O) groups excluding carboxylic acids is 1. The average molecular weight is 309 g/mol. The minimum absolute atomic E-state index is 0. The Kier molecular flexibility index (Phi) is 4.91. The van der Waals surface area contributed by atoms with Crippen molar-refractivity contribution in [2.75, 3.05) is 13.1 Å². The number of benzene rings is 1. The van der Waals surface area contributed by atoms with Gasteiger partial charge in [-0.15, -0.1) is 12.4 Å². The van der Waals surface area contributed by atoms with E-state index in [2.05, 4.69) is 0 Å². The van der Waals surface area contributed by atoms with Gasteiger partial charge in [-0.05, 0) is 31.9 Å². The van der Waals surface area contributed by atoms with Crippen molar-refractivity contribution in [3.63, 3.8) is 0 Å². The smallest absolute Gasteiger partial charge is 0.233 e. The van der Waals surface area contributed by atoms with Crippen LogP contribution in [0.4, 0.5) is 0 Å². The summed E-state index contributed by atoms with van der Waals surface area (Å²) in [6.45, 7) is 3.36. The normalized spacial score (nSPS) is 20.1. The second-order valence-electron chi connectivity index (χ2n) is 5.59. The van der Waals surface area contributed by atoms with Crippen LogP contribution in [0.15, 0.2) is 34.7 Å². The van der Waals surface area contributed by atoms with E-state index in [-0.39, 0.29) is 30.3 Å². The summed E-state index contributed by atoms with van der Waals surface area (Å²) >= 11 is 0. The van der Waals surface area contributed by atoms with E-state index in [4.69, 9.17) is 10.2 Å². The number of fused-ring (bicyclic) bond motifs is 1. The molecule has 1 saturated heterocycles. The number of hydrogen-bond acceptors (Lipinski definition) is 3. The second-order valence-corrected chi connectivity index (χ2v) is 5.59. The van der Waals surface area contributed by atoms with Crippen LogP contribution in [0.25, 0.3) is 11.0 Å². The van der Waals surface area contributed by atoms with Crippen molar-refractivity contribution in [2.24, 2.45) is 5.73 Å². The first kappa shape index (κ1) is 15.9. The summed E-state index contributed by atoms with van der Waals surface area (Å²) in [5, 5.41) is 1.04. The molecule has 0 aliphatic carbocycles. The van der Waals surface area contributed by atoms with Crippen LogP contribution >= 0.6 is 12.4 Å². The summed E-state index contributed by atoms with van der Waals surface area (Å²) in [5.41, 5.74) is 6.78. The zero-order valence-electron chi connectivity index (χ0n) is 12.1. The fraction of sp³-hybridized carbons (Fsp3) is 0.438. The summed E-state index contributed by atoms with van der Waals surface area (Å²) < 4.78 is 5.79. The van der Waals surface area contributed by atoms with Gasteiger partial charge < -0.3 is 15.1 Å². The van der Waals surface area contributed by atoms with Crippen LogP contribution in [0, 0.1) is 0 Å². The molecule has 2 N–H and O–H groups in total. The first-order valence-electron chi connectivity index (χ1n) is 7.18. The molecular formula is C16H21ClN2O2. The molecule has 0 saturated carbocycles. The quantitative estimate of drug-likeness (QED) is 0.928. The molecule has 1 aromatic heterocycles. The second kappa shape index (κ2) is 6.50. The molecule has 1 fully saturated rings. The van der Waals surface area contributed by atoms with Crippen molar-refractivity contribution in [2.45, 2.75) is 31.7 Å². The highest BCUT2D eigenvalue weighted by Gasteiger charge is 2.27. The lowest BCUT2D eigenvalue weighted by atomic mass is 10.0. The maximum Gasteiger partial charge on any atom is 0.233 e. The summed E-state index contributed by atoms with van der Waals surface area (Å²) in [6, 6.07) is 9.89. The molecule has 3 rings (SSSR count). The van der Waals surface area contributed by atoms with E-state index >= 15 is 0 Å². The van der Waals surface area contributed by atoms with Gasteiger partial charge in [0, 0.05) is 24.5 Å². The van der Waals surface area contributed by atoms with Crippen LogP contribution in [0.3, 0.4) is 0 Å². The number of piperidine rings is 1. The SMILES string of the molecule is CC(C(=O)N1CCCC(N)C1)c1cc2ccccc2o1.Cl. The van der Waals surface area contributed by atoms with Crippen molar-refractivity contribution in [3.8, 4) is 0 Å². The van der Waals surface area contributed by atoms with Gasteiger partial charge in [0.15, 0.2) is 0 Å². The number of para-hydroxylation sites is 1. The molecule has 5 heteroatoms. The number of likely N-dealkylation sites (tertiary alicyclic amines) is 1. The van der Waals surface area contributed by atoms with Gasteiger partial charge in [-0.1, -0.05) is 18.2 Å². The van der Waals surface area contributed by atoms with E-state index in [0.29, 0.717) is 6.54 Å². The van der Waals surface area contributed by atoms with Crippen LogP contribution in [0.5, 0.6) is 0 Å². The van der Waals surface area contributed by atoms with Crippen molar-refractivity contribution in [3.05, 3.63) is 36.1 Å². The molecule has 0 spiro atoms. The first-order chi connectivity index (χ1) is 9.65. The van der Waals surface area contributed by atoms with E-state index in [1.54, 1.807) is 0 Å². The Bertz CT molecular complexity index is 593. The van der Waals surface area contributed by atoms with Crippen LogP contribution in [-0.4, -0.2) is 29.9 Å². The zero-order chi connectivity index (χ0) is 14.1. The Labute approximate surface area is 130 Å². The topological polar surface area (TPSA) is 59.5 Å². The third-order valence-electron chi connectivity index (χ3n) is 4.01. The summed E-state index contributed by atoms with van der Waals surface area (Å²) in [4.78, 5) is 14.4. The van der Waals surface area contributed by atoms with Gasteiger partial charge in [0.05, 0.1) is 5.92 Å². The highest BCUT2D eigenvalue weighted by Crippen LogP contribution is 2.27. The average Bonchev–Trinajstić information content (AvgIpc) is 2.89. The van der Waals surface area contributed by atoms with Crippen LogP contribution in [0.1, 0.15) is 31.4 Å². The van der Waals surface area contributed by atoms with Crippen LogP contribution in [0.2, 0.25) is 0 Å². The summed E-state index contributed by atoms with van der Waals surface area (Å²) in [7, 11) is 0. The Morgan fingerprint density at radius 2 is 2.19 bits per heavy atom. The minimum Gasteiger partial charge on any atom is -0.460 e. The maximum atomic E-state index is 12.5. The number of hydrogen-bond donors (Lipinski definition) is 1. The van der Waals surface area contributed by atoms with Crippen LogP contribution < -0.4 is 5.73 Å². The Balaban J connectivity index is 0.00000161. The Hall–Kier alpha value is -1.52. The maximum absolute atomic E-state index is 12.5. The molecule has 114 valence electrons. The number of nitrogens with two attached hydrogens (primary N) is 1. The molecule has 2 atom stereocenters. The highest BCUT2D eigenvalue weighted by atomic mass is 35.5. The van der Waals surface area contributed by atoms with Gasteiger partial charge in [0.25, 0.3) is 0 Å². The third kappa shape index (κ3) is 3.22. The minimum atomic E-state index is -0.257. The zero-order valence-corrected chi connectivity index (χ0v) is 12.9. The molecule has 0 bridgehead atoms. The molecule has 21 heavy (non-hydrogen) atoms. The van der Waals surface area contributed by atoms with Crippen molar-refractivity contribution < 1.29 is 9.21 Å².